The Bertz CT molecular complexity index is 624. The van der Waals surface area contributed by atoms with Crippen LogP contribution in [0.2, 0.25) is 0 Å². The second-order valence-electron chi connectivity index (χ2n) is 4.51. The van der Waals surface area contributed by atoms with Gasteiger partial charge in [0, 0.05) is 5.69 Å². The van der Waals surface area contributed by atoms with Gasteiger partial charge >= 0.3 is 0 Å². The highest BCUT2D eigenvalue weighted by Crippen LogP contribution is 2.18. The third-order valence-electron chi connectivity index (χ3n) is 3.06. The fraction of sp³-hybridized carbons (Fsp3) is 0.188. The molecule has 0 heterocycles. The molecule has 21 heavy (non-hydrogen) atoms. The van der Waals surface area contributed by atoms with E-state index in [1.807, 2.05) is 25.1 Å². The van der Waals surface area contributed by atoms with Crippen molar-refractivity contribution in [3.63, 3.8) is 0 Å². The van der Waals surface area contributed by atoms with Crippen molar-refractivity contribution in [2.75, 3.05) is 17.2 Å². The van der Waals surface area contributed by atoms with Gasteiger partial charge in [-0.3, -0.25) is 4.79 Å². The number of carbonyl (C=O) groups is 1. The van der Waals surface area contributed by atoms with E-state index in [0.29, 0.717) is 5.69 Å². The Morgan fingerprint density at radius 3 is 2.38 bits per heavy atom. The van der Waals surface area contributed by atoms with Gasteiger partial charge in [-0.05, 0) is 30.2 Å². The van der Waals surface area contributed by atoms with Crippen LogP contribution >= 0.6 is 0 Å². The molecule has 0 saturated heterocycles. The number of hydrogen-bond acceptors (Lipinski definition) is 2. The highest BCUT2D eigenvalue weighted by molar-refractivity contribution is 5.94. The zero-order valence-electron chi connectivity index (χ0n) is 11.6. The number of carbonyl (C=O) groups excluding carboxylic acids is 1. The normalized spacial score (nSPS) is 10.2. The Kier molecular flexibility index (Phi) is 4.87. The smallest absolute Gasteiger partial charge is 0.243 e. The summed E-state index contributed by atoms with van der Waals surface area (Å²) in [6, 6.07) is 11.0. The van der Waals surface area contributed by atoms with Crippen LogP contribution in [-0.4, -0.2) is 12.5 Å². The predicted molar refractivity (Wildman–Crippen MR) is 79.3 cm³/mol. The van der Waals surface area contributed by atoms with Gasteiger partial charge in [-0.1, -0.05) is 31.2 Å². The van der Waals surface area contributed by atoms with E-state index in [1.165, 1.54) is 6.07 Å². The lowest BCUT2D eigenvalue weighted by Gasteiger charge is -2.11. The summed E-state index contributed by atoms with van der Waals surface area (Å²) >= 11 is 0. The summed E-state index contributed by atoms with van der Waals surface area (Å²) in [5, 5.41) is 5.20. The maximum atomic E-state index is 13.4. The molecule has 0 aromatic heterocycles. The van der Waals surface area contributed by atoms with Crippen molar-refractivity contribution in [1.29, 1.82) is 0 Å². The van der Waals surface area contributed by atoms with Gasteiger partial charge in [0.25, 0.3) is 0 Å². The minimum atomic E-state index is -0.725. The van der Waals surface area contributed by atoms with Gasteiger partial charge in [0.15, 0.2) is 0 Å². The molecule has 0 fully saturated rings. The van der Waals surface area contributed by atoms with Crippen LogP contribution in [0.25, 0.3) is 0 Å². The fourth-order valence-corrected chi connectivity index (χ4v) is 1.98. The first-order valence-electron chi connectivity index (χ1n) is 6.67. The van der Waals surface area contributed by atoms with Crippen LogP contribution in [0.5, 0.6) is 0 Å². The molecule has 1 amide bonds. The zero-order chi connectivity index (χ0) is 15.2. The van der Waals surface area contributed by atoms with Gasteiger partial charge in [0.1, 0.15) is 17.3 Å². The number of aryl methyl sites for hydroxylation is 1. The van der Waals surface area contributed by atoms with Crippen molar-refractivity contribution in [3.8, 4) is 0 Å². The van der Waals surface area contributed by atoms with Crippen LogP contribution in [0.4, 0.5) is 20.2 Å². The summed E-state index contributed by atoms with van der Waals surface area (Å²) in [6.45, 7) is 1.77. The Balaban J connectivity index is 1.99. The number of benzene rings is 2. The maximum Gasteiger partial charge on any atom is 0.243 e. The first-order valence-corrected chi connectivity index (χ1v) is 6.67. The van der Waals surface area contributed by atoms with Crippen LogP contribution in [0.1, 0.15) is 12.5 Å². The topological polar surface area (TPSA) is 41.1 Å². The van der Waals surface area contributed by atoms with Crippen molar-refractivity contribution < 1.29 is 13.6 Å². The molecular formula is C16H16F2N2O. The molecule has 110 valence electrons. The molecular weight excluding hydrogens is 274 g/mol. The molecule has 5 heteroatoms. The van der Waals surface area contributed by atoms with Crippen molar-refractivity contribution in [2.45, 2.75) is 13.3 Å². The Morgan fingerprint density at radius 1 is 1.05 bits per heavy atom. The lowest BCUT2D eigenvalue weighted by Crippen LogP contribution is -2.23. The molecule has 3 nitrogen and oxygen atoms in total. The van der Waals surface area contributed by atoms with Crippen molar-refractivity contribution in [1.82, 2.24) is 0 Å². The molecule has 0 radical (unpaired) electrons. The van der Waals surface area contributed by atoms with Gasteiger partial charge < -0.3 is 10.6 Å². The fourth-order valence-electron chi connectivity index (χ4n) is 1.98. The van der Waals surface area contributed by atoms with E-state index < -0.39 is 11.6 Å². The van der Waals surface area contributed by atoms with Gasteiger partial charge in [0.05, 0.1) is 6.54 Å². The average Bonchev–Trinajstić information content (AvgIpc) is 2.47. The summed E-state index contributed by atoms with van der Waals surface area (Å²) in [6.07, 6.45) is 0.784. The van der Waals surface area contributed by atoms with Crippen LogP contribution in [0.15, 0.2) is 42.5 Å². The molecule has 0 aliphatic carbocycles. The third kappa shape index (κ3) is 3.78. The van der Waals surface area contributed by atoms with E-state index in [9.17, 15) is 13.6 Å². The van der Waals surface area contributed by atoms with Gasteiger partial charge in [-0.2, -0.15) is 0 Å². The largest absolute Gasteiger partial charge is 0.371 e. The van der Waals surface area contributed by atoms with Gasteiger partial charge in [0.2, 0.25) is 5.91 Å². The van der Waals surface area contributed by atoms with E-state index in [4.69, 9.17) is 0 Å². The monoisotopic (exact) mass is 290 g/mol. The van der Waals surface area contributed by atoms with Crippen LogP contribution in [0, 0.1) is 11.6 Å². The van der Waals surface area contributed by atoms with Crippen molar-refractivity contribution in [2.24, 2.45) is 0 Å². The van der Waals surface area contributed by atoms with E-state index in [1.54, 1.807) is 6.07 Å². The molecule has 0 atom stereocenters. The Labute approximate surface area is 122 Å². The number of rotatable bonds is 5. The number of para-hydroxylation sites is 2. The summed E-state index contributed by atoms with van der Waals surface area (Å²) < 4.78 is 26.8. The predicted octanol–water partition coefficient (Wildman–Crippen LogP) is 3.58. The molecule has 0 bridgehead atoms. The number of anilines is 2. The molecule has 0 spiro atoms. The summed E-state index contributed by atoms with van der Waals surface area (Å²) in [5.74, 6) is -1.81. The second kappa shape index (κ2) is 6.83. The average molecular weight is 290 g/mol. The number of hydrogen-bond donors (Lipinski definition) is 2. The molecule has 0 aliphatic heterocycles. The lowest BCUT2D eigenvalue weighted by molar-refractivity contribution is -0.114. The van der Waals surface area contributed by atoms with E-state index in [2.05, 4.69) is 10.6 Å². The second-order valence-corrected chi connectivity index (χ2v) is 4.51. The highest BCUT2D eigenvalue weighted by atomic mass is 19.1. The third-order valence-corrected chi connectivity index (χ3v) is 3.06. The van der Waals surface area contributed by atoms with Crippen molar-refractivity contribution >= 4 is 17.3 Å². The van der Waals surface area contributed by atoms with E-state index >= 15 is 0 Å². The van der Waals surface area contributed by atoms with Gasteiger partial charge in [-0.25, -0.2) is 8.78 Å². The standard InChI is InChI=1S/C16H16F2N2O/c1-2-11-6-3-4-9-14(11)20-15(21)10-19-16-12(17)7-5-8-13(16)18/h3-9,19H,2,10H2,1H3,(H,20,21). The number of amides is 1. The SMILES string of the molecule is CCc1ccccc1NC(=O)CNc1c(F)cccc1F. The summed E-state index contributed by atoms with van der Waals surface area (Å²) in [4.78, 5) is 11.9. The van der Waals surface area contributed by atoms with E-state index in [0.717, 1.165) is 24.1 Å². The first-order chi connectivity index (χ1) is 10.1. The molecule has 2 rings (SSSR count). The molecule has 2 aromatic carbocycles. The lowest BCUT2D eigenvalue weighted by atomic mass is 10.1. The minimum absolute atomic E-state index is 0.212. The minimum Gasteiger partial charge on any atom is -0.371 e. The summed E-state index contributed by atoms with van der Waals surface area (Å²) in [7, 11) is 0. The van der Waals surface area contributed by atoms with Crippen molar-refractivity contribution in [3.05, 3.63) is 59.7 Å². The maximum absolute atomic E-state index is 13.4. The van der Waals surface area contributed by atoms with E-state index in [-0.39, 0.29) is 18.1 Å². The zero-order valence-corrected chi connectivity index (χ0v) is 11.6. The Hall–Kier alpha value is -2.43. The quantitative estimate of drug-likeness (QED) is 0.883. The summed E-state index contributed by atoms with van der Waals surface area (Å²) in [5.41, 5.74) is 1.42. The number of nitrogens with one attached hydrogen (secondary N) is 2. The molecule has 0 aliphatic rings. The van der Waals surface area contributed by atoms with Crippen LogP contribution in [-0.2, 0) is 11.2 Å². The Morgan fingerprint density at radius 2 is 1.71 bits per heavy atom. The highest BCUT2D eigenvalue weighted by Gasteiger charge is 2.10. The van der Waals surface area contributed by atoms with Gasteiger partial charge in [-0.15, -0.1) is 0 Å². The van der Waals surface area contributed by atoms with Crippen LogP contribution in [0.3, 0.4) is 0 Å². The first kappa shape index (κ1) is 15.0. The molecule has 0 saturated carbocycles. The molecule has 0 unspecified atom stereocenters. The molecule has 2 N–H and O–H groups in total. The molecule has 2 aromatic rings. The van der Waals surface area contributed by atoms with Crippen LogP contribution < -0.4 is 10.6 Å². The number of halogens is 2.